The van der Waals surface area contributed by atoms with Crippen LogP contribution in [0.15, 0.2) is 29.8 Å². The Morgan fingerprint density at radius 3 is 2.38 bits per heavy atom. The smallest absolute Gasteiger partial charge is 0.160 e. The fourth-order valence-electron chi connectivity index (χ4n) is 10.8. The number of hydrogen-bond acceptors (Lipinski definition) is 5. The summed E-state index contributed by atoms with van der Waals surface area (Å²) in [5.74, 6) is 3.75. The summed E-state index contributed by atoms with van der Waals surface area (Å²) in [4.78, 5) is 0. The monoisotopic (exact) mass is 581 g/mol. The third-order valence-electron chi connectivity index (χ3n) is 13.7. The van der Waals surface area contributed by atoms with E-state index < -0.39 is 0 Å². The molecule has 5 rings (SSSR count). The van der Waals surface area contributed by atoms with Crippen molar-refractivity contribution in [1.82, 2.24) is 5.32 Å². The molecular formula is C37H59NO4. The van der Waals surface area contributed by atoms with Crippen molar-refractivity contribution in [3.63, 3.8) is 0 Å². The average Bonchev–Trinajstić information content (AvgIpc) is 3.23. The molecule has 1 aromatic rings. The molecule has 3 fully saturated rings. The second-order valence-corrected chi connectivity index (χ2v) is 15.7. The Morgan fingerprint density at radius 1 is 0.929 bits per heavy atom. The topological polar surface area (TPSA) is 71.0 Å². The minimum Gasteiger partial charge on any atom is -0.493 e. The Morgan fingerprint density at radius 2 is 1.67 bits per heavy atom. The second kappa shape index (κ2) is 11.7. The largest absolute Gasteiger partial charge is 0.493 e. The Bertz CT molecular complexity index is 1150. The van der Waals surface area contributed by atoms with Crippen LogP contribution in [0.25, 0.3) is 0 Å². The summed E-state index contributed by atoms with van der Waals surface area (Å²) in [7, 11) is 3.36. The van der Waals surface area contributed by atoms with E-state index in [2.05, 4.69) is 65.1 Å². The lowest BCUT2D eigenvalue weighted by atomic mass is 9.38. The standard InChI is InChI=1S/C37H59NO4/c1-24(10-9-20-38-21-18-25-11-14-29(41-7)30(22-25)42-8)26-17-19-35(4)31-15-12-27-28(13-16-32(39)34(27,2)3)37(31,6)33(40)23-36(26,35)5/h11-12,14,22,24,26,28,31-33,38-40H,9-10,13,15-21,23H2,1-8H3/t24-,26-,28-,31+,32+,33-,35+,36-,37+/m1/s1. The van der Waals surface area contributed by atoms with Crippen molar-refractivity contribution in [2.24, 2.45) is 45.3 Å². The van der Waals surface area contributed by atoms with Gasteiger partial charge in [-0.15, -0.1) is 0 Å². The van der Waals surface area contributed by atoms with Crippen molar-refractivity contribution in [3.8, 4) is 11.5 Å². The van der Waals surface area contributed by atoms with E-state index in [0.29, 0.717) is 23.7 Å². The van der Waals surface area contributed by atoms with Crippen LogP contribution in [0.3, 0.4) is 0 Å². The van der Waals surface area contributed by atoms with Gasteiger partial charge in [0.1, 0.15) is 0 Å². The summed E-state index contributed by atoms with van der Waals surface area (Å²) in [6.45, 7) is 16.5. The average molecular weight is 582 g/mol. The lowest BCUT2D eigenvalue weighted by Crippen LogP contribution is -2.64. The van der Waals surface area contributed by atoms with E-state index in [-0.39, 0.29) is 33.9 Å². The summed E-state index contributed by atoms with van der Waals surface area (Å²) in [6.07, 6.45) is 11.7. The lowest BCUT2D eigenvalue weighted by Gasteiger charge is -2.67. The number of allylic oxidation sites excluding steroid dienone is 1. The van der Waals surface area contributed by atoms with E-state index in [4.69, 9.17) is 9.47 Å². The molecule has 4 aliphatic rings. The van der Waals surface area contributed by atoms with Gasteiger partial charge < -0.3 is 25.0 Å². The summed E-state index contributed by atoms with van der Waals surface area (Å²) in [6, 6.07) is 6.18. The van der Waals surface area contributed by atoms with Crippen LogP contribution < -0.4 is 14.8 Å². The fraction of sp³-hybridized carbons (Fsp3) is 0.784. The van der Waals surface area contributed by atoms with Gasteiger partial charge in [0, 0.05) is 10.8 Å². The van der Waals surface area contributed by atoms with E-state index in [1.807, 2.05) is 6.07 Å². The molecule has 5 heteroatoms. The number of rotatable bonds is 10. The normalized spacial score (nSPS) is 39.5. The maximum absolute atomic E-state index is 12.1. The minimum atomic E-state index is -0.286. The highest BCUT2D eigenvalue weighted by Crippen LogP contribution is 2.74. The number of methoxy groups -OCH3 is 2. The maximum Gasteiger partial charge on any atom is 0.160 e. The Hall–Kier alpha value is -1.56. The van der Waals surface area contributed by atoms with Gasteiger partial charge >= 0.3 is 0 Å². The van der Waals surface area contributed by atoms with Crippen LogP contribution in [0.5, 0.6) is 11.5 Å². The first-order chi connectivity index (χ1) is 19.8. The van der Waals surface area contributed by atoms with Crippen molar-refractivity contribution in [2.45, 2.75) is 112 Å². The molecule has 0 amide bonds. The van der Waals surface area contributed by atoms with E-state index in [9.17, 15) is 10.2 Å². The van der Waals surface area contributed by atoms with Gasteiger partial charge in [-0.2, -0.15) is 0 Å². The first kappa shape index (κ1) is 31.9. The van der Waals surface area contributed by atoms with Crippen LogP contribution in [0.4, 0.5) is 0 Å². The number of aliphatic hydroxyl groups is 2. The first-order valence-corrected chi connectivity index (χ1v) is 16.8. The summed E-state index contributed by atoms with van der Waals surface area (Å²) < 4.78 is 10.8. The van der Waals surface area contributed by atoms with Gasteiger partial charge in [0.05, 0.1) is 26.4 Å². The highest BCUT2D eigenvalue weighted by Gasteiger charge is 2.70. The molecule has 0 aromatic heterocycles. The zero-order valence-corrected chi connectivity index (χ0v) is 27.8. The molecule has 4 aliphatic carbocycles. The molecular weight excluding hydrogens is 522 g/mol. The Kier molecular flexibility index (Phi) is 8.91. The molecule has 236 valence electrons. The molecule has 3 saturated carbocycles. The molecule has 42 heavy (non-hydrogen) atoms. The summed E-state index contributed by atoms with van der Waals surface area (Å²) in [5, 5.41) is 26.6. The number of aliphatic hydroxyl groups excluding tert-OH is 2. The zero-order chi connectivity index (χ0) is 30.5. The van der Waals surface area contributed by atoms with Crippen LogP contribution in [0.2, 0.25) is 0 Å². The number of hydrogen-bond donors (Lipinski definition) is 3. The molecule has 0 unspecified atom stereocenters. The number of ether oxygens (including phenoxy) is 2. The van der Waals surface area contributed by atoms with E-state index >= 15 is 0 Å². The Labute approximate surface area is 255 Å². The molecule has 0 radical (unpaired) electrons. The minimum absolute atomic E-state index is 0.105. The molecule has 1 aromatic carbocycles. The van der Waals surface area contributed by atoms with Gasteiger partial charge in [0.25, 0.3) is 0 Å². The van der Waals surface area contributed by atoms with Crippen molar-refractivity contribution < 1.29 is 19.7 Å². The second-order valence-electron chi connectivity index (χ2n) is 15.7. The van der Waals surface area contributed by atoms with Gasteiger partial charge in [-0.1, -0.05) is 59.3 Å². The lowest BCUT2D eigenvalue weighted by molar-refractivity contribution is -0.204. The molecule has 0 aliphatic heterocycles. The van der Waals surface area contributed by atoms with E-state index in [1.165, 1.54) is 36.8 Å². The fourth-order valence-corrected chi connectivity index (χ4v) is 10.8. The zero-order valence-electron chi connectivity index (χ0n) is 27.8. The van der Waals surface area contributed by atoms with Crippen molar-refractivity contribution in [3.05, 3.63) is 35.4 Å². The number of nitrogens with one attached hydrogen (secondary N) is 1. The number of fused-ring (bicyclic) bond motifs is 5. The first-order valence-electron chi connectivity index (χ1n) is 16.8. The van der Waals surface area contributed by atoms with Gasteiger partial charge in [-0.05, 0) is 123 Å². The van der Waals surface area contributed by atoms with Crippen LogP contribution in [0.1, 0.15) is 98.5 Å². The molecule has 0 heterocycles. The summed E-state index contributed by atoms with van der Waals surface area (Å²) >= 11 is 0. The van der Waals surface area contributed by atoms with Gasteiger partial charge in [0.2, 0.25) is 0 Å². The molecule has 5 nitrogen and oxygen atoms in total. The van der Waals surface area contributed by atoms with Crippen molar-refractivity contribution in [2.75, 3.05) is 27.3 Å². The van der Waals surface area contributed by atoms with Crippen LogP contribution in [-0.2, 0) is 6.42 Å². The third kappa shape index (κ3) is 4.94. The number of benzene rings is 1. The molecule has 0 spiro atoms. The van der Waals surface area contributed by atoms with Crippen LogP contribution >= 0.6 is 0 Å². The SMILES string of the molecule is COc1ccc(CCNCCC[C@@H](C)[C@H]2CC[C@@]3(C)[C@@H]4CC=C5[C@@H](CC[C@H](O)C5(C)C)[C@]4(C)[C@H](O)C[C@]23C)cc1OC. The third-order valence-corrected chi connectivity index (χ3v) is 13.7. The highest BCUT2D eigenvalue weighted by molar-refractivity contribution is 5.43. The molecule has 0 bridgehead atoms. The van der Waals surface area contributed by atoms with Crippen molar-refractivity contribution >= 4 is 0 Å². The van der Waals surface area contributed by atoms with E-state index in [0.717, 1.165) is 56.7 Å². The molecule has 9 atom stereocenters. The predicted octanol–water partition coefficient (Wildman–Crippen LogP) is 7.19. The molecule has 0 saturated heterocycles. The Balaban J connectivity index is 1.19. The van der Waals surface area contributed by atoms with Crippen molar-refractivity contribution in [1.29, 1.82) is 0 Å². The predicted molar refractivity (Wildman–Crippen MR) is 171 cm³/mol. The van der Waals surface area contributed by atoms with E-state index in [1.54, 1.807) is 14.2 Å². The van der Waals surface area contributed by atoms with Gasteiger partial charge in [-0.3, -0.25) is 0 Å². The molecule has 3 N–H and O–H groups in total. The quantitative estimate of drug-likeness (QED) is 0.202. The van der Waals surface area contributed by atoms with Gasteiger partial charge in [-0.25, -0.2) is 0 Å². The van der Waals surface area contributed by atoms with Gasteiger partial charge in [0.15, 0.2) is 11.5 Å². The van der Waals surface area contributed by atoms with Crippen LogP contribution in [0, 0.1) is 45.3 Å². The maximum atomic E-state index is 12.1. The summed E-state index contributed by atoms with van der Waals surface area (Å²) in [5.41, 5.74) is 2.78. The van der Waals surface area contributed by atoms with Crippen LogP contribution in [-0.4, -0.2) is 49.7 Å². The highest BCUT2D eigenvalue weighted by atomic mass is 16.5.